The molecule has 0 aliphatic carbocycles. The Morgan fingerprint density at radius 2 is 1.44 bits per heavy atom. The molecule has 0 spiro atoms. The van der Waals surface area contributed by atoms with Crippen molar-refractivity contribution in [3.8, 4) is 0 Å². The summed E-state index contributed by atoms with van der Waals surface area (Å²) < 4.78 is 0. The Morgan fingerprint density at radius 1 is 1.33 bits per heavy atom. The van der Waals surface area contributed by atoms with Crippen LogP contribution < -0.4 is 10.2 Å². The van der Waals surface area contributed by atoms with Gasteiger partial charge in [-0.2, -0.15) is 0 Å². The minimum Gasteiger partial charge on any atom is -0.652 e. The van der Waals surface area contributed by atoms with E-state index in [2.05, 4.69) is 19.9 Å². The largest absolute Gasteiger partial charge is 0.652 e. The van der Waals surface area contributed by atoms with Crippen LogP contribution >= 0.6 is 0 Å². The minimum absolute atomic E-state index is 1.38. The van der Waals surface area contributed by atoms with Crippen LogP contribution in [0.2, 0.25) is 0 Å². The lowest BCUT2D eigenvalue weighted by Gasteiger charge is -1.96. The van der Waals surface area contributed by atoms with Gasteiger partial charge in [0.2, 0.25) is 0 Å². The summed E-state index contributed by atoms with van der Waals surface area (Å²) in [5.74, 6) is 0. The Balaban J connectivity index is 0. The Kier molecular flexibility index (Phi) is 8.49. The fraction of sp³-hybridized carbons (Fsp3) is 0.500. The average Bonchev–Trinajstić information content (AvgIpc) is 1.65. The van der Waals surface area contributed by atoms with Crippen molar-refractivity contribution >= 4 is 6.16 Å². The lowest BCUT2D eigenvalue weighted by Crippen LogP contribution is -2.37. The molecule has 0 heterocycles. The maximum Gasteiger partial charge on any atom is -0.0431 e. The van der Waals surface area contributed by atoms with Gasteiger partial charge in [-0.05, 0) is 26.9 Å². The second-order valence-corrected chi connectivity index (χ2v) is 1.62. The van der Waals surface area contributed by atoms with E-state index in [1.54, 1.807) is 0 Å². The molecule has 0 aromatic heterocycles. The van der Waals surface area contributed by atoms with E-state index in [0.717, 1.165) is 0 Å². The topological polar surface area (TPSA) is 63.2 Å². The van der Waals surface area contributed by atoms with Gasteiger partial charge in [0.1, 0.15) is 0 Å². The van der Waals surface area contributed by atoms with E-state index in [4.69, 9.17) is 15.0 Å². The molecule has 0 radical (unpaired) electrons. The molecule has 0 saturated carbocycles. The van der Waals surface area contributed by atoms with Crippen LogP contribution in [-0.4, -0.2) is 6.16 Å². The van der Waals surface area contributed by atoms with Gasteiger partial charge >= 0.3 is 0 Å². The molecule has 3 nitrogen and oxygen atoms in total. The molecule has 0 saturated heterocycles. The Bertz CT molecular complexity index is 96.9. The molecule has 0 N–H and O–H groups in total. The monoisotopic (exact) mass is 130 g/mol. The standard InChI is InChI=1S/C5H10.CH2O3/c1-4-5(2)3;2-1(3)4/h4H,1-3H3;(H2,2,3,4)/p-2. The highest BCUT2D eigenvalue weighted by atomic mass is 16.6. The Labute approximate surface area is 54.6 Å². The number of carbonyl (C=O) groups is 1. The molecule has 0 bridgehead atoms. The molecule has 0 unspecified atom stereocenters. The van der Waals surface area contributed by atoms with Gasteiger partial charge in [0.25, 0.3) is 0 Å². The van der Waals surface area contributed by atoms with E-state index in [9.17, 15) is 0 Å². The van der Waals surface area contributed by atoms with Crippen molar-refractivity contribution in [3.05, 3.63) is 11.6 Å². The molecule has 0 aliphatic rings. The first-order valence-electron chi connectivity index (χ1n) is 2.48. The van der Waals surface area contributed by atoms with Gasteiger partial charge in [-0.15, -0.1) is 0 Å². The number of hydrogen-bond donors (Lipinski definition) is 0. The number of rotatable bonds is 0. The van der Waals surface area contributed by atoms with Crippen LogP contribution in [0.1, 0.15) is 20.8 Å². The molecular weight excluding hydrogens is 120 g/mol. The zero-order chi connectivity index (χ0) is 7.86. The van der Waals surface area contributed by atoms with Crippen LogP contribution in [0.25, 0.3) is 0 Å². The maximum atomic E-state index is 8.33. The van der Waals surface area contributed by atoms with E-state index in [-0.39, 0.29) is 0 Å². The first-order chi connectivity index (χ1) is 4.00. The Morgan fingerprint density at radius 3 is 1.44 bits per heavy atom. The van der Waals surface area contributed by atoms with Gasteiger partial charge in [-0.25, -0.2) is 0 Å². The third-order valence-corrected chi connectivity index (χ3v) is 0.577. The van der Waals surface area contributed by atoms with Crippen molar-refractivity contribution in [3.63, 3.8) is 0 Å². The zero-order valence-corrected chi connectivity index (χ0v) is 5.80. The number of hydrogen-bond acceptors (Lipinski definition) is 3. The second kappa shape index (κ2) is 7.01. The van der Waals surface area contributed by atoms with Gasteiger partial charge in [-0.3, -0.25) is 0 Å². The minimum atomic E-state index is -2.33. The third-order valence-electron chi connectivity index (χ3n) is 0.577. The lowest BCUT2D eigenvalue weighted by molar-refractivity contribution is -0.415. The molecule has 0 aromatic carbocycles. The van der Waals surface area contributed by atoms with Crippen LogP contribution in [0, 0.1) is 0 Å². The first-order valence-corrected chi connectivity index (χ1v) is 2.48. The van der Waals surface area contributed by atoms with Crippen molar-refractivity contribution in [2.24, 2.45) is 0 Å². The quantitative estimate of drug-likeness (QED) is 0.416. The van der Waals surface area contributed by atoms with Gasteiger partial charge in [0.15, 0.2) is 0 Å². The summed E-state index contributed by atoms with van der Waals surface area (Å²) in [5, 5.41) is 16.7. The fourth-order valence-corrected chi connectivity index (χ4v) is 0. The SMILES string of the molecule is CC=C(C)C.O=C([O-])[O-]. The summed E-state index contributed by atoms with van der Waals surface area (Å²) in [6, 6.07) is 0. The van der Waals surface area contributed by atoms with E-state index < -0.39 is 6.16 Å². The highest BCUT2D eigenvalue weighted by molar-refractivity contribution is 5.47. The van der Waals surface area contributed by atoms with Crippen molar-refractivity contribution in [1.29, 1.82) is 0 Å². The normalized spacial score (nSPS) is 6.56. The molecular formula is C6H10O3-2. The van der Waals surface area contributed by atoms with Gasteiger partial charge in [0.05, 0.1) is 0 Å². The molecule has 0 fully saturated rings. The average molecular weight is 130 g/mol. The van der Waals surface area contributed by atoms with Crippen LogP contribution in [0.3, 0.4) is 0 Å². The molecule has 0 atom stereocenters. The zero-order valence-electron chi connectivity index (χ0n) is 5.80. The fourth-order valence-electron chi connectivity index (χ4n) is 0. The summed E-state index contributed by atoms with van der Waals surface area (Å²) in [4.78, 5) is 8.33. The predicted molar refractivity (Wildman–Crippen MR) is 30.5 cm³/mol. The Hall–Kier alpha value is -0.990. The van der Waals surface area contributed by atoms with Crippen molar-refractivity contribution < 1.29 is 15.0 Å². The van der Waals surface area contributed by atoms with Crippen LogP contribution in [0.5, 0.6) is 0 Å². The van der Waals surface area contributed by atoms with Crippen molar-refractivity contribution in [2.45, 2.75) is 20.8 Å². The van der Waals surface area contributed by atoms with E-state index >= 15 is 0 Å². The van der Waals surface area contributed by atoms with Crippen molar-refractivity contribution in [2.75, 3.05) is 0 Å². The molecule has 0 aromatic rings. The van der Waals surface area contributed by atoms with Crippen LogP contribution in [-0.2, 0) is 0 Å². The highest BCUT2D eigenvalue weighted by Crippen LogP contribution is 1.82. The number of allylic oxidation sites excluding steroid dienone is 2. The summed E-state index contributed by atoms with van der Waals surface area (Å²) in [6.07, 6.45) is -0.250. The molecule has 54 valence electrons. The number of carbonyl (C=O) groups excluding carboxylic acids is 1. The third kappa shape index (κ3) is 172. The van der Waals surface area contributed by atoms with Crippen LogP contribution in [0.15, 0.2) is 11.6 Å². The van der Waals surface area contributed by atoms with E-state index in [1.165, 1.54) is 5.57 Å². The van der Waals surface area contributed by atoms with Gasteiger partial charge in [-0.1, -0.05) is 11.6 Å². The molecule has 0 rings (SSSR count). The highest BCUT2D eigenvalue weighted by Gasteiger charge is 1.60. The summed E-state index contributed by atoms with van der Waals surface area (Å²) in [6.45, 7) is 6.20. The summed E-state index contributed by atoms with van der Waals surface area (Å²) in [7, 11) is 0. The number of carboxylic acid groups (broad SMARTS) is 2. The van der Waals surface area contributed by atoms with E-state index in [0.29, 0.717) is 0 Å². The maximum absolute atomic E-state index is 8.33. The predicted octanol–water partition coefficient (Wildman–Crippen LogP) is -0.475. The summed E-state index contributed by atoms with van der Waals surface area (Å²) in [5.41, 5.74) is 1.38. The molecule has 3 heteroatoms. The smallest absolute Gasteiger partial charge is 0.0431 e. The van der Waals surface area contributed by atoms with Crippen molar-refractivity contribution in [1.82, 2.24) is 0 Å². The molecule has 0 aliphatic heterocycles. The van der Waals surface area contributed by atoms with Gasteiger partial charge in [0, 0.05) is 0 Å². The van der Waals surface area contributed by atoms with Crippen LogP contribution in [0.4, 0.5) is 4.79 Å². The second-order valence-electron chi connectivity index (χ2n) is 1.62. The molecule has 0 amide bonds. The summed E-state index contributed by atoms with van der Waals surface area (Å²) >= 11 is 0. The lowest BCUT2D eigenvalue weighted by atomic mass is 10.3. The molecule has 9 heavy (non-hydrogen) atoms. The van der Waals surface area contributed by atoms with E-state index in [1.807, 2.05) is 6.92 Å². The van der Waals surface area contributed by atoms with Gasteiger partial charge < -0.3 is 15.0 Å². The first kappa shape index (κ1) is 10.9.